The molecule has 0 saturated carbocycles. The van der Waals surface area contributed by atoms with E-state index in [2.05, 4.69) is 10.2 Å². The molecule has 1 N–H and O–H groups in total. The van der Waals surface area contributed by atoms with Gasteiger partial charge in [0.05, 0.1) is 20.3 Å². The van der Waals surface area contributed by atoms with Gasteiger partial charge in [0.1, 0.15) is 5.75 Å². The number of amides is 2. The standard InChI is InChI=1S/C20H31N3O4/c1-25-19-4-2-17(3-5-19)16-21-20(24)23(18-6-12-26-13-7-18)9-8-22-10-14-27-15-11-22/h2-5,18H,6-16H2,1H3,(H,21,24). The van der Waals surface area contributed by atoms with Gasteiger partial charge in [-0.25, -0.2) is 4.79 Å². The van der Waals surface area contributed by atoms with Crippen LogP contribution in [0.5, 0.6) is 5.75 Å². The van der Waals surface area contributed by atoms with Crippen molar-refractivity contribution < 1.29 is 19.0 Å². The van der Waals surface area contributed by atoms with Gasteiger partial charge in [0.25, 0.3) is 0 Å². The van der Waals surface area contributed by atoms with Gasteiger partial charge in [0, 0.05) is 52.0 Å². The third kappa shape index (κ3) is 6.09. The molecule has 150 valence electrons. The minimum Gasteiger partial charge on any atom is -0.497 e. The van der Waals surface area contributed by atoms with Gasteiger partial charge in [0.15, 0.2) is 0 Å². The molecule has 1 aromatic carbocycles. The Bertz CT molecular complexity index is 569. The van der Waals surface area contributed by atoms with E-state index in [1.54, 1.807) is 7.11 Å². The molecule has 2 heterocycles. The van der Waals surface area contributed by atoms with Gasteiger partial charge in [-0.05, 0) is 30.5 Å². The van der Waals surface area contributed by atoms with Crippen LogP contribution >= 0.6 is 0 Å². The Morgan fingerprint density at radius 2 is 1.81 bits per heavy atom. The Kier molecular flexibility index (Phi) is 7.74. The first kappa shape index (κ1) is 19.9. The minimum atomic E-state index is 0.00553. The van der Waals surface area contributed by atoms with Crippen LogP contribution in [-0.2, 0) is 16.0 Å². The second-order valence-corrected chi connectivity index (χ2v) is 7.00. The number of morpholine rings is 1. The molecule has 2 aliphatic heterocycles. The fraction of sp³-hybridized carbons (Fsp3) is 0.650. The zero-order valence-corrected chi connectivity index (χ0v) is 16.2. The monoisotopic (exact) mass is 377 g/mol. The van der Waals surface area contributed by atoms with Crippen molar-refractivity contribution in [2.24, 2.45) is 0 Å². The Labute approximate surface area is 161 Å². The first-order valence-corrected chi connectivity index (χ1v) is 9.81. The van der Waals surface area contributed by atoms with Crippen LogP contribution in [0.3, 0.4) is 0 Å². The lowest BCUT2D eigenvalue weighted by atomic mass is 10.1. The molecule has 0 spiro atoms. The number of rotatable bonds is 7. The second-order valence-electron chi connectivity index (χ2n) is 7.00. The van der Waals surface area contributed by atoms with Crippen LogP contribution in [0.25, 0.3) is 0 Å². The molecule has 0 bridgehead atoms. The Morgan fingerprint density at radius 1 is 1.15 bits per heavy atom. The molecule has 2 aliphatic rings. The third-order valence-electron chi connectivity index (χ3n) is 5.26. The van der Waals surface area contributed by atoms with Crippen LogP contribution in [0.1, 0.15) is 18.4 Å². The molecule has 7 heteroatoms. The Balaban J connectivity index is 1.55. The molecule has 0 atom stereocenters. The van der Waals surface area contributed by atoms with Crippen LogP contribution in [-0.4, -0.2) is 81.6 Å². The van der Waals surface area contributed by atoms with Crippen LogP contribution < -0.4 is 10.1 Å². The van der Waals surface area contributed by atoms with Crippen molar-refractivity contribution in [3.8, 4) is 5.75 Å². The summed E-state index contributed by atoms with van der Waals surface area (Å²) in [5, 5.41) is 3.08. The third-order valence-corrected chi connectivity index (χ3v) is 5.26. The molecular weight excluding hydrogens is 346 g/mol. The summed E-state index contributed by atoms with van der Waals surface area (Å²) in [5.41, 5.74) is 1.06. The fourth-order valence-corrected chi connectivity index (χ4v) is 3.54. The largest absolute Gasteiger partial charge is 0.497 e. The molecule has 2 fully saturated rings. The van der Waals surface area contributed by atoms with E-state index in [1.165, 1.54) is 0 Å². The molecule has 2 amide bonds. The summed E-state index contributed by atoms with van der Waals surface area (Å²) in [5.74, 6) is 0.819. The lowest BCUT2D eigenvalue weighted by molar-refractivity contribution is 0.0226. The molecule has 0 unspecified atom stereocenters. The number of benzene rings is 1. The average Bonchev–Trinajstić information content (AvgIpc) is 2.74. The summed E-state index contributed by atoms with van der Waals surface area (Å²) in [6.45, 7) is 7.02. The summed E-state index contributed by atoms with van der Waals surface area (Å²) >= 11 is 0. The van der Waals surface area contributed by atoms with Crippen molar-refractivity contribution in [3.63, 3.8) is 0 Å². The SMILES string of the molecule is COc1ccc(CNC(=O)N(CCN2CCOCC2)C2CCOCC2)cc1. The number of ether oxygens (including phenoxy) is 3. The smallest absolute Gasteiger partial charge is 0.317 e. The number of hydrogen-bond acceptors (Lipinski definition) is 5. The van der Waals surface area contributed by atoms with Crippen molar-refractivity contribution in [3.05, 3.63) is 29.8 Å². The maximum absolute atomic E-state index is 12.9. The highest BCUT2D eigenvalue weighted by molar-refractivity contribution is 5.74. The molecule has 0 aromatic heterocycles. The normalized spacial score (nSPS) is 18.9. The van der Waals surface area contributed by atoms with E-state index in [0.717, 1.165) is 76.8 Å². The van der Waals surface area contributed by atoms with Gasteiger partial charge >= 0.3 is 6.03 Å². The number of nitrogens with one attached hydrogen (secondary N) is 1. The highest BCUT2D eigenvalue weighted by atomic mass is 16.5. The quantitative estimate of drug-likeness (QED) is 0.784. The maximum atomic E-state index is 12.9. The highest BCUT2D eigenvalue weighted by Gasteiger charge is 2.26. The van der Waals surface area contributed by atoms with Crippen molar-refractivity contribution in [2.75, 3.05) is 59.7 Å². The molecule has 27 heavy (non-hydrogen) atoms. The van der Waals surface area contributed by atoms with E-state index in [4.69, 9.17) is 14.2 Å². The van der Waals surface area contributed by atoms with Crippen molar-refractivity contribution >= 4 is 6.03 Å². The molecule has 0 radical (unpaired) electrons. The predicted molar refractivity (Wildman–Crippen MR) is 103 cm³/mol. The number of hydrogen-bond donors (Lipinski definition) is 1. The second kappa shape index (κ2) is 10.5. The average molecular weight is 377 g/mol. The Morgan fingerprint density at radius 3 is 2.48 bits per heavy atom. The first-order valence-electron chi connectivity index (χ1n) is 9.81. The zero-order chi connectivity index (χ0) is 18.9. The van der Waals surface area contributed by atoms with Crippen LogP contribution in [0.2, 0.25) is 0 Å². The van der Waals surface area contributed by atoms with Crippen molar-refractivity contribution in [1.29, 1.82) is 0 Å². The van der Waals surface area contributed by atoms with Gasteiger partial charge in [-0.3, -0.25) is 4.90 Å². The summed E-state index contributed by atoms with van der Waals surface area (Å²) in [6, 6.07) is 8.03. The molecule has 2 saturated heterocycles. The van der Waals surface area contributed by atoms with Gasteiger partial charge < -0.3 is 24.4 Å². The summed E-state index contributed by atoms with van der Waals surface area (Å²) in [6.07, 6.45) is 1.80. The molecular formula is C20H31N3O4. The van der Waals surface area contributed by atoms with Gasteiger partial charge in [-0.1, -0.05) is 12.1 Å². The molecule has 7 nitrogen and oxygen atoms in total. The van der Waals surface area contributed by atoms with E-state index in [9.17, 15) is 4.79 Å². The summed E-state index contributed by atoms with van der Waals surface area (Å²) in [7, 11) is 1.65. The highest BCUT2D eigenvalue weighted by Crippen LogP contribution is 2.16. The zero-order valence-electron chi connectivity index (χ0n) is 16.2. The summed E-state index contributed by atoms with van der Waals surface area (Å²) < 4.78 is 16.1. The minimum absolute atomic E-state index is 0.00553. The lowest BCUT2D eigenvalue weighted by Crippen LogP contribution is -2.51. The van der Waals surface area contributed by atoms with Crippen molar-refractivity contribution in [1.82, 2.24) is 15.1 Å². The van der Waals surface area contributed by atoms with Crippen molar-refractivity contribution in [2.45, 2.75) is 25.4 Å². The van der Waals surface area contributed by atoms with Crippen LogP contribution in [0.15, 0.2) is 24.3 Å². The van der Waals surface area contributed by atoms with E-state index in [0.29, 0.717) is 6.54 Å². The molecule has 1 aromatic rings. The van der Waals surface area contributed by atoms with Gasteiger partial charge in [-0.15, -0.1) is 0 Å². The number of carbonyl (C=O) groups excluding carboxylic acids is 1. The number of carbonyl (C=O) groups is 1. The molecule has 3 rings (SSSR count). The van der Waals surface area contributed by atoms with E-state index in [1.807, 2.05) is 29.2 Å². The molecule has 0 aliphatic carbocycles. The number of nitrogens with zero attached hydrogens (tertiary/aromatic N) is 2. The van der Waals surface area contributed by atoms with Crippen LogP contribution in [0.4, 0.5) is 4.79 Å². The first-order chi connectivity index (χ1) is 13.3. The van der Waals surface area contributed by atoms with E-state index in [-0.39, 0.29) is 12.1 Å². The predicted octanol–water partition coefficient (Wildman–Crippen LogP) is 1.72. The maximum Gasteiger partial charge on any atom is 0.317 e. The van der Waals surface area contributed by atoms with E-state index < -0.39 is 0 Å². The van der Waals surface area contributed by atoms with Gasteiger partial charge in [0.2, 0.25) is 0 Å². The topological polar surface area (TPSA) is 63.3 Å². The number of methoxy groups -OCH3 is 1. The summed E-state index contributed by atoms with van der Waals surface area (Å²) in [4.78, 5) is 17.3. The van der Waals surface area contributed by atoms with E-state index >= 15 is 0 Å². The lowest BCUT2D eigenvalue weighted by Gasteiger charge is -2.36. The van der Waals surface area contributed by atoms with Crippen LogP contribution in [0, 0.1) is 0 Å². The van der Waals surface area contributed by atoms with Gasteiger partial charge in [-0.2, -0.15) is 0 Å². The number of urea groups is 1. The Hall–Kier alpha value is -1.83. The fourth-order valence-electron chi connectivity index (χ4n) is 3.54.